The van der Waals surface area contributed by atoms with Crippen LogP contribution in [0, 0.1) is 5.82 Å². The maximum absolute atomic E-state index is 14.4. The molecule has 0 saturated carbocycles. The van der Waals surface area contributed by atoms with Crippen molar-refractivity contribution in [2.45, 2.75) is 19.4 Å². The van der Waals surface area contributed by atoms with E-state index >= 15 is 0 Å². The van der Waals surface area contributed by atoms with Crippen molar-refractivity contribution in [3.8, 4) is 5.75 Å². The van der Waals surface area contributed by atoms with Crippen LogP contribution in [0.4, 0.5) is 21.6 Å². The van der Waals surface area contributed by atoms with E-state index < -0.39 is 5.82 Å². The number of amides is 1. The number of rotatable bonds is 12. The van der Waals surface area contributed by atoms with Gasteiger partial charge < -0.3 is 25.6 Å². The molecular formula is C25H30BrFN6O2. The fraction of sp³-hybridized carbons (Fsp3) is 0.320. The van der Waals surface area contributed by atoms with Gasteiger partial charge in [0.25, 0.3) is 0 Å². The van der Waals surface area contributed by atoms with Gasteiger partial charge in [-0.1, -0.05) is 22.5 Å². The molecule has 3 N–H and O–H groups in total. The number of nitrogens with one attached hydrogen (secondary N) is 3. The molecule has 3 aromatic rings. The summed E-state index contributed by atoms with van der Waals surface area (Å²) in [6, 6.07) is 8.62. The Morgan fingerprint density at radius 3 is 2.74 bits per heavy atom. The summed E-state index contributed by atoms with van der Waals surface area (Å²) in [4.78, 5) is 22.8. The highest BCUT2D eigenvalue weighted by Crippen LogP contribution is 2.34. The SMILES string of the molecule is C=CC(=O)Nc1cc2c(Nc3ccc(Br)cc3F)ncnc2cc1OCCNCCC(C)N(C)C. The molecule has 1 amide bonds. The molecule has 3 rings (SSSR count). The molecule has 0 fully saturated rings. The molecule has 0 radical (unpaired) electrons. The molecule has 0 aliphatic heterocycles. The zero-order valence-corrected chi connectivity index (χ0v) is 21.7. The minimum absolute atomic E-state index is 0.264. The highest BCUT2D eigenvalue weighted by molar-refractivity contribution is 9.10. The average molecular weight is 545 g/mol. The maximum atomic E-state index is 14.4. The number of ether oxygens (including phenoxy) is 1. The van der Waals surface area contributed by atoms with Crippen LogP contribution in [0.15, 0.2) is 53.8 Å². The minimum atomic E-state index is -0.432. The highest BCUT2D eigenvalue weighted by Gasteiger charge is 2.14. The summed E-state index contributed by atoms with van der Waals surface area (Å²) in [5.41, 5.74) is 1.29. The highest BCUT2D eigenvalue weighted by atomic mass is 79.9. The number of benzene rings is 2. The number of fused-ring (bicyclic) bond motifs is 1. The van der Waals surface area contributed by atoms with Gasteiger partial charge in [-0.3, -0.25) is 4.79 Å². The van der Waals surface area contributed by atoms with E-state index in [-0.39, 0.29) is 11.6 Å². The Balaban J connectivity index is 1.79. The first kappa shape index (κ1) is 26.5. The van der Waals surface area contributed by atoms with Crippen molar-refractivity contribution < 1.29 is 13.9 Å². The molecule has 0 spiro atoms. The Morgan fingerprint density at radius 2 is 2.03 bits per heavy atom. The van der Waals surface area contributed by atoms with Gasteiger partial charge in [-0.25, -0.2) is 14.4 Å². The zero-order chi connectivity index (χ0) is 25.4. The second kappa shape index (κ2) is 12.6. The van der Waals surface area contributed by atoms with E-state index in [1.807, 2.05) is 0 Å². The molecule has 2 aromatic carbocycles. The van der Waals surface area contributed by atoms with Crippen LogP contribution in [0.25, 0.3) is 10.9 Å². The molecule has 35 heavy (non-hydrogen) atoms. The zero-order valence-electron chi connectivity index (χ0n) is 20.1. The molecule has 10 heteroatoms. The van der Waals surface area contributed by atoms with Gasteiger partial charge in [0, 0.05) is 28.5 Å². The van der Waals surface area contributed by atoms with Crippen molar-refractivity contribution in [2.24, 2.45) is 0 Å². The normalized spacial score (nSPS) is 11.9. The second-order valence-electron chi connectivity index (χ2n) is 8.23. The number of nitrogens with zero attached hydrogens (tertiary/aromatic N) is 3. The summed E-state index contributed by atoms with van der Waals surface area (Å²) < 4.78 is 21.0. The molecule has 0 aliphatic carbocycles. The molecule has 1 heterocycles. The van der Waals surface area contributed by atoms with E-state index in [9.17, 15) is 9.18 Å². The maximum Gasteiger partial charge on any atom is 0.247 e. The van der Waals surface area contributed by atoms with Crippen molar-refractivity contribution in [1.29, 1.82) is 0 Å². The van der Waals surface area contributed by atoms with Crippen molar-refractivity contribution in [3.63, 3.8) is 0 Å². The van der Waals surface area contributed by atoms with E-state index in [4.69, 9.17) is 4.74 Å². The van der Waals surface area contributed by atoms with Gasteiger partial charge in [-0.2, -0.15) is 0 Å². The van der Waals surface area contributed by atoms with Gasteiger partial charge in [0.15, 0.2) is 0 Å². The standard InChI is InChI=1S/C25H30BrFN6O2/c1-5-24(34)31-22-13-18-21(14-23(22)35-11-10-28-9-8-16(2)33(3)4)29-15-30-25(18)32-20-7-6-17(26)12-19(20)27/h5-7,12-16,28H,1,8-11H2,2-4H3,(H,31,34)(H,29,30,32). The third-order valence-electron chi connectivity index (χ3n) is 5.52. The van der Waals surface area contributed by atoms with Crippen molar-refractivity contribution in [1.82, 2.24) is 20.2 Å². The quantitative estimate of drug-likeness (QED) is 0.224. The predicted octanol–water partition coefficient (Wildman–Crippen LogP) is 4.71. The van der Waals surface area contributed by atoms with E-state index in [1.54, 1.807) is 24.3 Å². The van der Waals surface area contributed by atoms with Crippen molar-refractivity contribution in [3.05, 3.63) is 59.6 Å². The first-order valence-corrected chi connectivity index (χ1v) is 12.0. The largest absolute Gasteiger partial charge is 0.490 e. The monoisotopic (exact) mass is 544 g/mol. The first-order chi connectivity index (χ1) is 16.8. The summed E-state index contributed by atoms with van der Waals surface area (Å²) in [7, 11) is 4.12. The predicted molar refractivity (Wildman–Crippen MR) is 142 cm³/mol. The van der Waals surface area contributed by atoms with E-state index in [0.717, 1.165) is 13.0 Å². The topological polar surface area (TPSA) is 91.4 Å². The number of hydrogen-bond acceptors (Lipinski definition) is 7. The number of anilines is 3. The molecule has 1 unspecified atom stereocenters. The Hall–Kier alpha value is -3.08. The lowest BCUT2D eigenvalue weighted by atomic mass is 10.1. The van der Waals surface area contributed by atoms with E-state index in [0.29, 0.717) is 51.8 Å². The van der Waals surface area contributed by atoms with Gasteiger partial charge in [0.05, 0.1) is 16.9 Å². The fourth-order valence-corrected chi connectivity index (χ4v) is 3.56. The van der Waals surface area contributed by atoms with Crippen LogP contribution in [0.1, 0.15) is 13.3 Å². The Morgan fingerprint density at radius 1 is 1.23 bits per heavy atom. The lowest BCUT2D eigenvalue weighted by Crippen LogP contribution is -2.30. The average Bonchev–Trinajstić information content (AvgIpc) is 2.83. The summed E-state index contributed by atoms with van der Waals surface area (Å²) in [5, 5.41) is 9.74. The summed E-state index contributed by atoms with van der Waals surface area (Å²) in [6.07, 6.45) is 3.59. The molecule has 0 bridgehead atoms. The van der Waals surface area contributed by atoms with Crippen LogP contribution >= 0.6 is 15.9 Å². The lowest BCUT2D eigenvalue weighted by Gasteiger charge is -2.19. The van der Waals surface area contributed by atoms with Crippen LogP contribution in [0.5, 0.6) is 5.75 Å². The number of carbonyl (C=O) groups excluding carboxylic acids is 1. The van der Waals surface area contributed by atoms with Crippen LogP contribution in [-0.2, 0) is 4.79 Å². The Kier molecular flexibility index (Phi) is 9.53. The molecule has 1 atom stereocenters. The number of carbonyl (C=O) groups is 1. The van der Waals surface area contributed by atoms with Gasteiger partial charge in [-0.15, -0.1) is 0 Å². The lowest BCUT2D eigenvalue weighted by molar-refractivity contribution is -0.111. The number of aromatic nitrogens is 2. The van der Waals surface area contributed by atoms with E-state index in [2.05, 4.69) is 74.3 Å². The molecule has 0 aliphatic rings. The number of hydrogen-bond donors (Lipinski definition) is 3. The third kappa shape index (κ3) is 7.45. The Bertz CT molecular complexity index is 1190. The summed E-state index contributed by atoms with van der Waals surface area (Å²) in [6.45, 7) is 7.61. The molecule has 8 nitrogen and oxygen atoms in total. The summed E-state index contributed by atoms with van der Waals surface area (Å²) in [5.74, 6) is 0.0539. The third-order valence-corrected chi connectivity index (χ3v) is 6.01. The van der Waals surface area contributed by atoms with Crippen molar-refractivity contribution in [2.75, 3.05) is 44.4 Å². The van der Waals surface area contributed by atoms with Gasteiger partial charge in [0.2, 0.25) is 5.91 Å². The molecular weight excluding hydrogens is 515 g/mol. The van der Waals surface area contributed by atoms with E-state index in [1.165, 1.54) is 18.5 Å². The van der Waals surface area contributed by atoms with Crippen molar-refractivity contribution >= 4 is 49.9 Å². The van der Waals surface area contributed by atoms with Gasteiger partial charge >= 0.3 is 0 Å². The van der Waals surface area contributed by atoms with Crippen LogP contribution in [0.2, 0.25) is 0 Å². The number of halogens is 2. The van der Waals surface area contributed by atoms with Crippen LogP contribution in [-0.4, -0.2) is 60.6 Å². The summed E-state index contributed by atoms with van der Waals surface area (Å²) >= 11 is 3.25. The van der Waals surface area contributed by atoms with Gasteiger partial charge in [0.1, 0.15) is 30.3 Å². The minimum Gasteiger partial charge on any atom is -0.490 e. The van der Waals surface area contributed by atoms with Gasteiger partial charge in [-0.05, 0) is 64.3 Å². The Labute approximate surface area is 213 Å². The van der Waals surface area contributed by atoms with Crippen LogP contribution in [0.3, 0.4) is 0 Å². The smallest absolute Gasteiger partial charge is 0.247 e. The molecule has 186 valence electrons. The molecule has 1 aromatic heterocycles. The second-order valence-corrected chi connectivity index (χ2v) is 9.15. The fourth-order valence-electron chi connectivity index (χ4n) is 3.23. The molecule has 0 saturated heterocycles. The van der Waals surface area contributed by atoms with Crippen LogP contribution < -0.4 is 20.7 Å². The first-order valence-electron chi connectivity index (χ1n) is 11.2.